The van der Waals surface area contributed by atoms with E-state index in [1.165, 1.54) is 0 Å². The summed E-state index contributed by atoms with van der Waals surface area (Å²) in [5.41, 5.74) is 1.70. The first-order valence-corrected chi connectivity index (χ1v) is 10.5. The van der Waals surface area contributed by atoms with Gasteiger partial charge in [-0.05, 0) is 74.3 Å². The quantitative estimate of drug-likeness (QED) is 0.302. The Labute approximate surface area is 189 Å². The number of nitrogens with one attached hydrogen (secondary N) is 1. The molecule has 1 N–H and O–H groups in total. The maximum Gasteiger partial charge on any atom is 0.256 e. The Morgan fingerprint density at radius 2 is 1.67 bits per heavy atom. The Kier molecular flexibility index (Phi) is 5.74. The maximum absolute atomic E-state index is 13.3. The molecule has 1 amide bonds. The molecule has 0 aliphatic heterocycles. The fraction of sp³-hybridized carbons (Fsp3) is 0.0435. The van der Waals surface area contributed by atoms with Gasteiger partial charge in [0, 0.05) is 15.4 Å². The van der Waals surface area contributed by atoms with Crippen LogP contribution in [0, 0.1) is 0 Å². The molecule has 0 atom stereocenters. The van der Waals surface area contributed by atoms with Gasteiger partial charge < -0.3 is 14.5 Å². The molecule has 30 heavy (non-hydrogen) atoms. The summed E-state index contributed by atoms with van der Waals surface area (Å²) in [6, 6.07) is 19.3. The van der Waals surface area contributed by atoms with Crippen LogP contribution in [0.1, 0.15) is 26.5 Å². The van der Waals surface area contributed by atoms with Crippen molar-refractivity contribution in [3.05, 3.63) is 92.6 Å². The first kappa shape index (κ1) is 20.4. The monoisotopic (exact) mass is 527 g/mol. The summed E-state index contributed by atoms with van der Waals surface area (Å²) >= 11 is 6.79. The van der Waals surface area contributed by atoms with Crippen molar-refractivity contribution in [1.82, 2.24) is 0 Å². The van der Waals surface area contributed by atoms with E-state index in [4.69, 9.17) is 9.15 Å². The zero-order valence-corrected chi connectivity index (χ0v) is 18.9. The van der Waals surface area contributed by atoms with Crippen LogP contribution in [0.15, 0.2) is 80.1 Å². The summed E-state index contributed by atoms with van der Waals surface area (Å²) in [6.45, 7) is 0. The second-order valence-electron chi connectivity index (χ2n) is 6.41. The molecular formula is C23H15Br2NO4. The number of hydrogen-bond acceptors (Lipinski definition) is 4. The number of rotatable bonds is 5. The molecule has 5 nitrogen and oxygen atoms in total. The number of halogens is 2. The third-order valence-corrected chi connectivity index (χ3v) is 5.88. The predicted molar refractivity (Wildman–Crippen MR) is 122 cm³/mol. The smallest absolute Gasteiger partial charge is 0.256 e. The van der Waals surface area contributed by atoms with E-state index in [0.717, 1.165) is 0 Å². The zero-order chi connectivity index (χ0) is 21.3. The lowest BCUT2D eigenvalue weighted by molar-refractivity contribution is 0.101. The van der Waals surface area contributed by atoms with Crippen LogP contribution in [0.25, 0.3) is 11.0 Å². The fourth-order valence-electron chi connectivity index (χ4n) is 3.09. The van der Waals surface area contributed by atoms with E-state index >= 15 is 0 Å². The Morgan fingerprint density at radius 1 is 0.933 bits per heavy atom. The molecule has 0 fully saturated rings. The van der Waals surface area contributed by atoms with Gasteiger partial charge in [0.25, 0.3) is 5.91 Å². The van der Waals surface area contributed by atoms with Crippen molar-refractivity contribution in [3.8, 4) is 5.75 Å². The van der Waals surface area contributed by atoms with Crippen LogP contribution in [0.4, 0.5) is 5.69 Å². The Hall–Kier alpha value is -2.90. The molecule has 4 aromatic rings. The number of furan rings is 1. The van der Waals surface area contributed by atoms with Crippen LogP contribution < -0.4 is 10.1 Å². The Balaban J connectivity index is 1.79. The molecule has 150 valence electrons. The second-order valence-corrected chi connectivity index (χ2v) is 8.12. The molecule has 0 saturated heterocycles. The molecule has 0 bridgehead atoms. The number of carbonyl (C=O) groups is 2. The van der Waals surface area contributed by atoms with Crippen LogP contribution in [-0.4, -0.2) is 18.8 Å². The lowest BCUT2D eigenvalue weighted by Gasteiger charge is -2.08. The number of fused-ring (bicyclic) bond motifs is 1. The summed E-state index contributed by atoms with van der Waals surface area (Å²) in [4.78, 5) is 26.2. The van der Waals surface area contributed by atoms with Crippen LogP contribution in [0.3, 0.4) is 0 Å². The number of para-hydroxylation sites is 1. The molecule has 0 radical (unpaired) electrons. The van der Waals surface area contributed by atoms with Gasteiger partial charge in [0.05, 0.1) is 22.8 Å². The maximum atomic E-state index is 13.3. The molecule has 0 spiro atoms. The van der Waals surface area contributed by atoms with Gasteiger partial charge in [-0.25, -0.2) is 0 Å². The summed E-state index contributed by atoms with van der Waals surface area (Å²) in [7, 11) is 1.55. The molecule has 1 heterocycles. The van der Waals surface area contributed by atoms with E-state index in [9.17, 15) is 9.59 Å². The average molecular weight is 529 g/mol. The number of amides is 1. The van der Waals surface area contributed by atoms with Crippen molar-refractivity contribution >= 4 is 60.2 Å². The number of benzene rings is 3. The van der Waals surface area contributed by atoms with Crippen molar-refractivity contribution < 1.29 is 18.7 Å². The summed E-state index contributed by atoms with van der Waals surface area (Å²) in [5.74, 6) is -0.0248. The van der Waals surface area contributed by atoms with E-state index in [2.05, 4.69) is 37.2 Å². The van der Waals surface area contributed by atoms with Crippen molar-refractivity contribution in [2.24, 2.45) is 0 Å². The number of ether oxygens (including phenoxy) is 1. The highest BCUT2D eigenvalue weighted by atomic mass is 79.9. The van der Waals surface area contributed by atoms with Crippen LogP contribution in [0.5, 0.6) is 5.75 Å². The first-order valence-electron chi connectivity index (χ1n) is 8.95. The third-order valence-electron chi connectivity index (χ3n) is 4.57. The third kappa shape index (κ3) is 3.78. The van der Waals surface area contributed by atoms with Gasteiger partial charge in [0.1, 0.15) is 11.3 Å². The van der Waals surface area contributed by atoms with Gasteiger partial charge >= 0.3 is 0 Å². The van der Waals surface area contributed by atoms with Crippen molar-refractivity contribution in [3.63, 3.8) is 0 Å². The normalized spacial score (nSPS) is 10.8. The molecule has 7 heteroatoms. The van der Waals surface area contributed by atoms with Gasteiger partial charge in [0.2, 0.25) is 5.78 Å². The molecule has 1 aromatic heterocycles. The van der Waals surface area contributed by atoms with Crippen molar-refractivity contribution in [1.29, 1.82) is 0 Å². The van der Waals surface area contributed by atoms with E-state index in [0.29, 0.717) is 42.5 Å². The molecule has 3 aromatic carbocycles. The predicted octanol–water partition coefficient (Wildman–Crippen LogP) is 6.45. The summed E-state index contributed by atoms with van der Waals surface area (Å²) < 4.78 is 12.4. The Bertz CT molecular complexity index is 1280. The summed E-state index contributed by atoms with van der Waals surface area (Å²) in [6.07, 6.45) is 0. The zero-order valence-electron chi connectivity index (χ0n) is 15.7. The van der Waals surface area contributed by atoms with Crippen LogP contribution >= 0.6 is 31.9 Å². The van der Waals surface area contributed by atoms with Crippen molar-refractivity contribution in [2.75, 3.05) is 12.4 Å². The molecule has 0 aliphatic rings. The van der Waals surface area contributed by atoms with Gasteiger partial charge in [-0.1, -0.05) is 24.3 Å². The highest BCUT2D eigenvalue weighted by Crippen LogP contribution is 2.34. The summed E-state index contributed by atoms with van der Waals surface area (Å²) in [5, 5.41) is 3.51. The number of hydrogen-bond donors (Lipinski definition) is 1. The number of methoxy groups -OCH3 is 1. The second kappa shape index (κ2) is 8.45. The lowest BCUT2D eigenvalue weighted by Crippen LogP contribution is -2.15. The van der Waals surface area contributed by atoms with Gasteiger partial charge in [-0.2, -0.15) is 0 Å². The SMILES string of the molecule is COc1ccc(C(=O)c2oc3ccccc3c2NC(=O)c2ccccc2Br)cc1Br. The first-order chi connectivity index (χ1) is 14.5. The largest absolute Gasteiger partial charge is 0.496 e. The standard InChI is InChI=1S/C23H15Br2NO4/c1-29-19-11-10-13(12-17(19)25)21(27)22-20(15-7-3-5-9-18(15)30-22)26-23(28)14-6-2-4-8-16(14)24/h2-12H,1H3,(H,26,28). The molecular weight excluding hydrogens is 514 g/mol. The van der Waals surface area contributed by atoms with Crippen LogP contribution in [-0.2, 0) is 0 Å². The highest BCUT2D eigenvalue weighted by molar-refractivity contribution is 9.10. The molecule has 0 saturated carbocycles. The minimum Gasteiger partial charge on any atom is -0.496 e. The minimum atomic E-state index is -0.350. The lowest BCUT2D eigenvalue weighted by atomic mass is 10.1. The minimum absolute atomic E-state index is 0.0636. The van der Waals surface area contributed by atoms with Gasteiger partial charge in [-0.15, -0.1) is 0 Å². The number of carbonyl (C=O) groups excluding carboxylic acids is 2. The van der Waals surface area contributed by atoms with Crippen molar-refractivity contribution in [2.45, 2.75) is 0 Å². The molecule has 4 rings (SSSR count). The number of ketones is 1. The Morgan fingerprint density at radius 3 is 2.40 bits per heavy atom. The van der Waals surface area contributed by atoms with E-state index in [-0.39, 0.29) is 17.5 Å². The van der Waals surface area contributed by atoms with E-state index < -0.39 is 0 Å². The highest BCUT2D eigenvalue weighted by Gasteiger charge is 2.24. The molecule has 0 aliphatic carbocycles. The van der Waals surface area contributed by atoms with Crippen LogP contribution in [0.2, 0.25) is 0 Å². The number of anilines is 1. The van der Waals surface area contributed by atoms with E-state index in [1.807, 2.05) is 18.2 Å². The van der Waals surface area contributed by atoms with Gasteiger partial charge in [-0.3, -0.25) is 9.59 Å². The van der Waals surface area contributed by atoms with Gasteiger partial charge in [0.15, 0.2) is 5.76 Å². The fourth-order valence-corrected chi connectivity index (χ4v) is 4.10. The van der Waals surface area contributed by atoms with E-state index in [1.54, 1.807) is 55.6 Å². The molecule has 0 unspecified atom stereocenters. The average Bonchev–Trinajstić information content (AvgIpc) is 3.11. The topological polar surface area (TPSA) is 68.5 Å².